The first-order valence-electron chi connectivity index (χ1n) is 4.88. The first-order valence-corrected chi connectivity index (χ1v) is 5.26. The molecule has 0 bridgehead atoms. The van der Waals surface area contributed by atoms with Gasteiger partial charge < -0.3 is 15.6 Å². The highest BCUT2D eigenvalue weighted by atomic mass is 35.5. The normalized spacial score (nSPS) is 17.5. The van der Waals surface area contributed by atoms with Crippen molar-refractivity contribution in [2.75, 3.05) is 7.11 Å². The molecule has 0 unspecified atom stereocenters. The molecular formula is C11H14ClNO2. The zero-order valence-electron chi connectivity index (χ0n) is 8.59. The lowest BCUT2D eigenvalue weighted by Gasteiger charge is -2.13. The molecule has 0 radical (unpaired) electrons. The second kappa shape index (κ2) is 3.58. The number of phenolic OH excluding ortho intramolecular Hbond substituents is 1. The summed E-state index contributed by atoms with van der Waals surface area (Å²) < 4.78 is 5.03. The zero-order valence-corrected chi connectivity index (χ0v) is 9.34. The number of benzene rings is 1. The Hall–Kier alpha value is -0.930. The van der Waals surface area contributed by atoms with Gasteiger partial charge in [-0.25, -0.2) is 0 Å². The second-order valence-electron chi connectivity index (χ2n) is 4.15. The van der Waals surface area contributed by atoms with Gasteiger partial charge in [-0.2, -0.15) is 0 Å². The highest BCUT2D eigenvalue weighted by molar-refractivity contribution is 6.30. The van der Waals surface area contributed by atoms with Crippen LogP contribution in [0.2, 0.25) is 5.02 Å². The molecule has 1 saturated carbocycles. The van der Waals surface area contributed by atoms with Crippen LogP contribution in [-0.4, -0.2) is 17.8 Å². The first-order chi connectivity index (χ1) is 7.04. The van der Waals surface area contributed by atoms with Crippen LogP contribution < -0.4 is 10.5 Å². The van der Waals surface area contributed by atoms with E-state index in [2.05, 4.69) is 0 Å². The lowest BCUT2D eigenvalue weighted by molar-refractivity contribution is 0.369. The van der Waals surface area contributed by atoms with Gasteiger partial charge in [0.1, 0.15) is 0 Å². The Kier molecular flexibility index (Phi) is 2.52. The molecule has 1 aromatic rings. The molecule has 1 aliphatic rings. The molecule has 1 fully saturated rings. The fraction of sp³-hybridized carbons (Fsp3) is 0.455. The predicted molar refractivity (Wildman–Crippen MR) is 59.5 cm³/mol. The molecule has 82 valence electrons. The molecule has 1 aliphatic carbocycles. The third-order valence-electron chi connectivity index (χ3n) is 2.77. The molecule has 3 nitrogen and oxygen atoms in total. The molecular weight excluding hydrogens is 214 g/mol. The summed E-state index contributed by atoms with van der Waals surface area (Å²) in [5, 5.41) is 10.4. The van der Waals surface area contributed by atoms with Crippen LogP contribution in [0.15, 0.2) is 12.1 Å². The Bertz CT molecular complexity index is 388. The maximum Gasteiger partial charge on any atom is 0.162 e. The molecule has 2 rings (SSSR count). The number of hydrogen-bond donors (Lipinski definition) is 2. The first kappa shape index (κ1) is 10.6. The number of nitrogens with two attached hydrogens (primary N) is 1. The minimum Gasteiger partial charge on any atom is -0.504 e. The van der Waals surface area contributed by atoms with Crippen molar-refractivity contribution < 1.29 is 9.84 Å². The van der Waals surface area contributed by atoms with E-state index in [1.807, 2.05) is 0 Å². The molecule has 0 amide bonds. The Morgan fingerprint density at radius 1 is 1.53 bits per heavy atom. The van der Waals surface area contributed by atoms with Crippen molar-refractivity contribution in [2.24, 2.45) is 5.73 Å². The molecule has 0 spiro atoms. The third kappa shape index (κ3) is 2.19. The van der Waals surface area contributed by atoms with Crippen LogP contribution in [0.1, 0.15) is 18.4 Å². The molecule has 4 heteroatoms. The van der Waals surface area contributed by atoms with Gasteiger partial charge in [0, 0.05) is 22.2 Å². The van der Waals surface area contributed by atoms with Crippen LogP contribution in [0, 0.1) is 0 Å². The van der Waals surface area contributed by atoms with Gasteiger partial charge in [-0.1, -0.05) is 11.6 Å². The lowest BCUT2D eigenvalue weighted by Crippen LogP contribution is -2.24. The Morgan fingerprint density at radius 3 is 2.73 bits per heavy atom. The predicted octanol–water partition coefficient (Wildman–Crippen LogP) is 2.09. The van der Waals surface area contributed by atoms with Crippen molar-refractivity contribution in [1.29, 1.82) is 0 Å². The second-order valence-corrected chi connectivity index (χ2v) is 4.59. The highest BCUT2D eigenvalue weighted by Crippen LogP contribution is 2.41. The van der Waals surface area contributed by atoms with E-state index < -0.39 is 0 Å². The van der Waals surface area contributed by atoms with Crippen LogP contribution >= 0.6 is 11.6 Å². The molecule has 15 heavy (non-hydrogen) atoms. The summed E-state index contributed by atoms with van der Waals surface area (Å²) in [6, 6.07) is 3.34. The average molecular weight is 228 g/mol. The van der Waals surface area contributed by atoms with E-state index >= 15 is 0 Å². The van der Waals surface area contributed by atoms with E-state index in [-0.39, 0.29) is 11.3 Å². The number of aromatic hydroxyl groups is 1. The van der Waals surface area contributed by atoms with E-state index in [1.54, 1.807) is 12.1 Å². The van der Waals surface area contributed by atoms with Crippen LogP contribution in [-0.2, 0) is 6.42 Å². The van der Waals surface area contributed by atoms with Gasteiger partial charge in [-0.05, 0) is 25.3 Å². The summed E-state index contributed by atoms with van der Waals surface area (Å²) in [6.07, 6.45) is 2.65. The van der Waals surface area contributed by atoms with Crippen molar-refractivity contribution in [3.63, 3.8) is 0 Å². The summed E-state index contributed by atoms with van der Waals surface area (Å²) in [4.78, 5) is 0. The molecule has 3 N–H and O–H groups in total. The fourth-order valence-electron chi connectivity index (χ4n) is 1.64. The smallest absolute Gasteiger partial charge is 0.162 e. The fourth-order valence-corrected chi connectivity index (χ4v) is 1.87. The molecule has 0 aliphatic heterocycles. The van der Waals surface area contributed by atoms with Crippen LogP contribution in [0.25, 0.3) is 0 Å². The maximum atomic E-state index is 9.87. The minimum atomic E-state index is -0.146. The molecule has 0 atom stereocenters. The van der Waals surface area contributed by atoms with Gasteiger partial charge >= 0.3 is 0 Å². The van der Waals surface area contributed by atoms with Gasteiger partial charge in [-0.15, -0.1) is 0 Å². The van der Waals surface area contributed by atoms with Crippen LogP contribution in [0.3, 0.4) is 0 Å². The Balaban J connectivity index is 2.32. The summed E-state index contributed by atoms with van der Waals surface area (Å²) in [7, 11) is 1.50. The maximum absolute atomic E-state index is 9.87. The molecule has 0 heterocycles. The van der Waals surface area contributed by atoms with E-state index in [4.69, 9.17) is 22.1 Å². The van der Waals surface area contributed by atoms with Gasteiger partial charge in [0.2, 0.25) is 0 Å². The van der Waals surface area contributed by atoms with E-state index in [9.17, 15) is 5.11 Å². The SMILES string of the molecule is COc1cc(Cl)cc(CC2(N)CC2)c1O. The van der Waals surface area contributed by atoms with Crippen molar-refractivity contribution in [3.8, 4) is 11.5 Å². The summed E-state index contributed by atoms with van der Waals surface area (Å²) >= 11 is 5.92. The zero-order chi connectivity index (χ0) is 11.1. The topological polar surface area (TPSA) is 55.5 Å². The number of hydrogen-bond acceptors (Lipinski definition) is 3. The molecule has 1 aromatic carbocycles. The van der Waals surface area contributed by atoms with Crippen molar-refractivity contribution in [1.82, 2.24) is 0 Å². The number of halogens is 1. The molecule has 0 aromatic heterocycles. The number of rotatable bonds is 3. The summed E-state index contributed by atoms with van der Waals surface area (Å²) in [5.74, 6) is 0.556. The quantitative estimate of drug-likeness (QED) is 0.832. The van der Waals surface area contributed by atoms with E-state index in [0.717, 1.165) is 18.4 Å². The van der Waals surface area contributed by atoms with Crippen molar-refractivity contribution in [3.05, 3.63) is 22.7 Å². The van der Waals surface area contributed by atoms with Crippen LogP contribution in [0.5, 0.6) is 11.5 Å². The largest absolute Gasteiger partial charge is 0.504 e. The van der Waals surface area contributed by atoms with Gasteiger partial charge in [0.15, 0.2) is 11.5 Å². The highest BCUT2D eigenvalue weighted by Gasteiger charge is 2.38. The van der Waals surface area contributed by atoms with Gasteiger partial charge in [0.05, 0.1) is 7.11 Å². The molecule has 0 saturated heterocycles. The number of ether oxygens (including phenoxy) is 1. The average Bonchev–Trinajstić information content (AvgIpc) is 2.89. The van der Waals surface area contributed by atoms with E-state index in [0.29, 0.717) is 17.2 Å². The Morgan fingerprint density at radius 2 is 2.20 bits per heavy atom. The van der Waals surface area contributed by atoms with Gasteiger partial charge in [0.25, 0.3) is 0 Å². The standard InChI is InChI=1S/C11H14ClNO2/c1-15-9-5-8(12)4-7(10(9)14)6-11(13)2-3-11/h4-5,14H,2-3,6,13H2,1H3. The third-order valence-corrected chi connectivity index (χ3v) is 2.99. The Labute approximate surface area is 93.8 Å². The van der Waals surface area contributed by atoms with E-state index in [1.165, 1.54) is 7.11 Å². The number of phenols is 1. The number of methoxy groups -OCH3 is 1. The van der Waals surface area contributed by atoms with Crippen LogP contribution in [0.4, 0.5) is 0 Å². The van der Waals surface area contributed by atoms with Crippen molar-refractivity contribution in [2.45, 2.75) is 24.8 Å². The monoisotopic (exact) mass is 227 g/mol. The van der Waals surface area contributed by atoms with Crippen molar-refractivity contribution >= 4 is 11.6 Å². The summed E-state index contributed by atoms with van der Waals surface area (Å²) in [5.41, 5.74) is 6.61. The lowest BCUT2D eigenvalue weighted by atomic mass is 10.0. The minimum absolute atomic E-state index is 0.146. The summed E-state index contributed by atoms with van der Waals surface area (Å²) in [6.45, 7) is 0. The van der Waals surface area contributed by atoms with Gasteiger partial charge in [-0.3, -0.25) is 0 Å².